The summed E-state index contributed by atoms with van der Waals surface area (Å²) < 4.78 is 6.87. The van der Waals surface area contributed by atoms with Gasteiger partial charge in [0.15, 0.2) is 8.32 Å². The highest BCUT2D eigenvalue weighted by Crippen LogP contribution is 2.53. The first-order valence-corrected chi connectivity index (χ1v) is 14.3. The molecule has 2 aliphatic heterocycles. The molecular formula is C17H29N5O4S2Si. The number of thioether (sulfide) groups is 2. The van der Waals surface area contributed by atoms with Gasteiger partial charge in [-0.2, -0.15) is 0 Å². The maximum atomic E-state index is 12.8. The molecule has 1 amide bonds. The van der Waals surface area contributed by atoms with Crippen LogP contribution in [0.15, 0.2) is 5.16 Å². The van der Waals surface area contributed by atoms with Crippen LogP contribution in [-0.4, -0.2) is 78.9 Å². The summed E-state index contributed by atoms with van der Waals surface area (Å²) >= 11 is 2.66. The van der Waals surface area contributed by atoms with Crippen molar-refractivity contribution in [1.82, 2.24) is 25.1 Å². The maximum absolute atomic E-state index is 12.8. The van der Waals surface area contributed by atoms with E-state index in [2.05, 4.69) is 49.4 Å². The number of carboxylic acids is 1. The fraction of sp³-hybridized carbons (Fsp3) is 0.824. The molecule has 0 saturated carbocycles. The van der Waals surface area contributed by atoms with Crippen molar-refractivity contribution in [3.63, 3.8) is 0 Å². The molecule has 0 bridgehead atoms. The van der Waals surface area contributed by atoms with Gasteiger partial charge in [-0.1, -0.05) is 32.5 Å². The molecule has 4 atom stereocenters. The standard InChI is InChI=1S/C17H29N5O4S2Si/c1-10(26-29(6,7)16(2,3)4)11-12(23)22-8-17(14(24)25,28-13(11)22)9-27-15-18-19-20-21(15)5/h10-11,13H,8-9H2,1-7H3,(H,24,25)/t10-,11-,13-,17?/m1/s1. The van der Waals surface area contributed by atoms with Gasteiger partial charge in [-0.05, 0) is 35.5 Å². The molecule has 1 unspecified atom stereocenters. The van der Waals surface area contributed by atoms with Crippen LogP contribution in [0.3, 0.4) is 0 Å². The quantitative estimate of drug-likeness (QED) is 0.372. The average molecular weight is 460 g/mol. The van der Waals surface area contributed by atoms with Gasteiger partial charge in [0.1, 0.15) is 4.75 Å². The Balaban J connectivity index is 1.72. The fourth-order valence-corrected chi connectivity index (χ4v) is 7.67. The molecule has 162 valence electrons. The number of hydrogen-bond donors (Lipinski definition) is 1. The van der Waals surface area contributed by atoms with Crippen LogP contribution >= 0.6 is 23.5 Å². The number of carboxylic acid groups (broad SMARTS) is 1. The van der Waals surface area contributed by atoms with Crippen LogP contribution in [0.4, 0.5) is 0 Å². The number of tetrazole rings is 1. The second kappa shape index (κ2) is 7.54. The van der Waals surface area contributed by atoms with Crippen molar-refractivity contribution in [3.8, 4) is 0 Å². The Labute approximate surface area is 180 Å². The lowest BCUT2D eigenvalue weighted by Crippen LogP contribution is -2.62. The van der Waals surface area contributed by atoms with Gasteiger partial charge in [0.25, 0.3) is 0 Å². The molecular weight excluding hydrogens is 430 g/mol. The van der Waals surface area contributed by atoms with Gasteiger partial charge in [0.2, 0.25) is 11.1 Å². The predicted molar refractivity (Wildman–Crippen MR) is 114 cm³/mol. The van der Waals surface area contributed by atoms with Crippen LogP contribution in [0.1, 0.15) is 27.7 Å². The van der Waals surface area contributed by atoms with E-state index < -0.39 is 19.0 Å². The zero-order valence-corrected chi connectivity index (χ0v) is 20.5. The monoisotopic (exact) mass is 459 g/mol. The Bertz CT molecular complexity index is 814. The number of aryl methyl sites for hydroxylation is 1. The van der Waals surface area contributed by atoms with E-state index >= 15 is 0 Å². The minimum absolute atomic E-state index is 0.0119. The Morgan fingerprint density at radius 2 is 2.14 bits per heavy atom. The Kier molecular flexibility index (Phi) is 5.87. The molecule has 3 heterocycles. The largest absolute Gasteiger partial charge is 0.480 e. The van der Waals surface area contributed by atoms with Gasteiger partial charge in [-0.3, -0.25) is 9.59 Å². The molecule has 2 saturated heterocycles. The van der Waals surface area contributed by atoms with Crippen LogP contribution in [0.25, 0.3) is 0 Å². The first-order chi connectivity index (χ1) is 13.3. The van der Waals surface area contributed by atoms with Crippen LogP contribution in [0, 0.1) is 5.92 Å². The Morgan fingerprint density at radius 1 is 1.48 bits per heavy atom. The van der Waals surface area contributed by atoms with Gasteiger partial charge in [-0.25, -0.2) is 4.68 Å². The molecule has 1 aromatic rings. The molecule has 0 radical (unpaired) electrons. The van der Waals surface area contributed by atoms with Gasteiger partial charge >= 0.3 is 5.97 Å². The van der Waals surface area contributed by atoms with Crippen molar-refractivity contribution in [2.24, 2.45) is 13.0 Å². The number of carbonyl (C=O) groups is 2. The lowest BCUT2D eigenvalue weighted by Gasteiger charge is -2.47. The second-order valence-corrected chi connectivity index (χ2v) is 16.5. The Hall–Kier alpha value is -1.11. The number of rotatable bonds is 7. The molecule has 0 aliphatic carbocycles. The van der Waals surface area contributed by atoms with Gasteiger partial charge in [0.05, 0.1) is 17.4 Å². The summed E-state index contributed by atoms with van der Waals surface area (Å²) in [5, 5.41) is 21.7. The van der Waals surface area contributed by atoms with E-state index in [1.54, 1.807) is 11.9 Å². The topological polar surface area (TPSA) is 110 Å². The summed E-state index contributed by atoms with van der Waals surface area (Å²) in [4.78, 5) is 26.7. The van der Waals surface area contributed by atoms with Crippen molar-refractivity contribution in [1.29, 1.82) is 0 Å². The number of hydrogen-bond acceptors (Lipinski definition) is 8. The highest BCUT2D eigenvalue weighted by Gasteiger charge is 2.63. The molecule has 3 rings (SSSR count). The Morgan fingerprint density at radius 3 is 2.66 bits per heavy atom. The van der Waals surface area contributed by atoms with E-state index in [1.807, 2.05) is 6.92 Å². The van der Waals surface area contributed by atoms with Gasteiger partial charge in [0, 0.05) is 19.3 Å². The lowest BCUT2D eigenvalue weighted by atomic mass is 9.92. The molecule has 1 N–H and O–H groups in total. The number of fused-ring (bicyclic) bond motifs is 1. The van der Waals surface area contributed by atoms with Crippen LogP contribution in [0.2, 0.25) is 18.1 Å². The summed E-state index contributed by atoms with van der Waals surface area (Å²) in [6.07, 6.45) is -0.239. The first-order valence-electron chi connectivity index (χ1n) is 9.54. The summed E-state index contributed by atoms with van der Waals surface area (Å²) in [5.74, 6) is -0.950. The van der Waals surface area contributed by atoms with E-state index in [0.29, 0.717) is 5.16 Å². The minimum Gasteiger partial charge on any atom is -0.480 e. The van der Waals surface area contributed by atoms with Gasteiger partial charge < -0.3 is 14.4 Å². The summed E-state index contributed by atoms with van der Waals surface area (Å²) in [7, 11) is -0.315. The first kappa shape index (κ1) is 22.6. The average Bonchev–Trinajstić information content (AvgIpc) is 3.14. The van der Waals surface area contributed by atoms with Crippen molar-refractivity contribution < 1.29 is 19.1 Å². The van der Waals surface area contributed by atoms with E-state index in [1.165, 1.54) is 28.2 Å². The highest BCUT2D eigenvalue weighted by molar-refractivity contribution is 8.05. The fourth-order valence-electron chi connectivity index (χ4n) is 3.33. The van der Waals surface area contributed by atoms with E-state index in [9.17, 15) is 14.7 Å². The van der Waals surface area contributed by atoms with Crippen LogP contribution in [0.5, 0.6) is 0 Å². The summed E-state index contributed by atoms with van der Waals surface area (Å²) in [5.41, 5.74) is 0. The van der Waals surface area contributed by atoms with Crippen molar-refractivity contribution in [2.75, 3.05) is 12.3 Å². The van der Waals surface area contributed by atoms with Crippen molar-refractivity contribution in [3.05, 3.63) is 0 Å². The second-order valence-electron chi connectivity index (χ2n) is 9.26. The molecule has 9 nitrogen and oxygen atoms in total. The summed E-state index contributed by atoms with van der Waals surface area (Å²) in [6, 6.07) is 0. The number of carbonyl (C=O) groups excluding carboxylic acids is 1. The van der Waals surface area contributed by atoms with E-state index in [-0.39, 0.29) is 40.6 Å². The van der Waals surface area contributed by atoms with E-state index in [0.717, 1.165) is 0 Å². The van der Waals surface area contributed by atoms with Crippen molar-refractivity contribution >= 4 is 43.7 Å². The third-order valence-corrected chi connectivity index (χ3v) is 13.8. The number of nitrogens with zero attached hydrogens (tertiary/aromatic N) is 5. The molecule has 2 fully saturated rings. The highest BCUT2D eigenvalue weighted by atomic mass is 32.2. The molecule has 29 heavy (non-hydrogen) atoms. The zero-order chi connectivity index (χ0) is 21.8. The maximum Gasteiger partial charge on any atom is 0.322 e. The SMILES string of the molecule is C[C@@H](O[Si](C)(C)C(C)(C)C)[C@@H]1C(=O)N2CC(CSc3nnnn3C)(C(=O)O)S[C@H]12. The number of aliphatic carboxylic acids is 1. The zero-order valence-electron chi connectivity index (χ0n) is 17.9. The molecule has 12 heteroatoms. The summed E-state index contributed by atoms with van der Waals surface area (Å²) in [6.45, 7) is 13.0. The van der Waals surface area contributed by atoms with Crippen molar-refractivity contribution in [2.45, 2.75) is 67.2 Å². The lowest BCUT2D eigenvalue weighted by molar-refractivity contribution is -0.155. The number of aromatic nitrogens is 4. The van der Waals surface area contributed by atoms with Gasteiger partial charge in [-0.15, -0.1) is 16.9 Å². The van der Waals surface area contributed by atoms with Crippen LogP contribution < -0.4 is 0 Å². The molecule has 1 aromatic heterocycles. The molecule has 2 aliphatic rings. The third-order valence-electron chi connectivity index (χ3n) is 6.15. The normalized spacial score (nSPS) is 28.2. The number of amides is 1. The smallest absolute Gasteiger partial charge is 0.322 e. The third kappa shape index (κ3) is 3.96. The predicted octanol–water partition coefficient (Wildman–Crippen LogP) is 2.07. The number of β-lactam (4-membered cyclic amide) rings is 1. The van der Waals surface area contributed by atoms with Crippen LogP contribution in [-0.2, 0) is 21.1 Å². The molecule has 0 spiro atoms. The minimum atomic E-state index is -2.03. The van der Waals surface area contributed by atoms with E-state index in [4.69, 9.17) is 4.43 Å². The molecule has 0 aromatic carbocycles.